The first-order valence-corrected chi connectivity index (χ1v) is 23.4. The second-order valence-corrected chi connectivity index (χ2v) is 16.7. The Kier molecular flexibility index (Phi) is 39.6. The molecule has 9 heteroatoms. The predicted octanol–water partition coefficient (Wildman–Crippen LogP) is 11.2. The molecule has 0 spiro atoms. The van der Waals surface area contributed by atoms with Crippen LogP contribution in [0, 0.1) is 0 Å². The molecule has 0 N–H and O–H groups in total. The molecule has 0 aliphatic rings. The van der Waals surface area contributed by atoms with E-state index in [0.717, 1.165) is 77.0 Å². The zero-order valence-corrected chi connectivity index (χ0v) is 38.4. The van der Waals surface area contributed by atoms with Gasteiger partial charge in [-0.2, -0.15) is 0 Å². The molecule has 0 saturated heterocycles. The molecule has 0 radical (unpaired) electrons. The summed E-state index contributed by atoms with van der Waals surface area (Å²) in [6.07, 6.45) is 46.8. The highest BCUT2D eigenvalue weighted by Crippen LogP contribution is 2.14. The van der Waals surface area contributed by atoms with Gasteiger partial charge in [0.05, 0.1) is 40.3 Å². The molecule has 0 heterocycles. The van der Waals surface area contributed by atoms with E-state index in [0.29, 0.717) is 17.4 Å². The fraction of sp³-hybridized carbons (Fsp3) is 0.740. The second-order valence-electron chi connectivity index (χ2n) is 16.7. The number of hydrogen-bond donors (Lipinski definition) is 0. The minimum atomic E-state index is -1.62. The van der Waals surface area contributed by atoms with Crippen molar-refractivity contribution >= 4 is 17.9 Å². The molecule has 0 aliphatic heterocycles. The minimum absolute atomic E-state index is 0.144. The van der Waals surface area contributed by atoms with E-state index in [4.69, 9.17) is 18.9 Å². The second kappa shape index (κ2) is 41.7. The summed E-state index contributed by atoms with van der Waals surface area (Å²) in [6, 6.07) is 0. The van der Waals surface area contributed by atoms with Crippen LogP contribution in [0.1, 0.15) is 181 Å². The number of ether oxygens (including phenoxy) is 4. The zero-order valence-electron chi connectivity index (χ0n) is 38.4. The molecular formula is C50H87NO8. The first-order chi connectivity index (χ1) is 28.6. The molecular weight excluding hydrogens is 743 g/mol. The summed E-state index contributed by atoms with van der Waals surface area (Å²) >= 11 is 0. The largest absolute Gasteiger partial charge is 0.545 e. The highest BCUT2D eigenvalue weighted by molar-refractivity contribution is 5.70. The maximum atomic E-state index is 12.8. The summed E-state index contributed by atoms with van der Waals surface area (Å²) in [5.74, 6) is -2.30. The molecule has 59 heavy (non-hydrogen) atoms. The predicted molar refractivity (Wildman–Crippen MR) is 242 cm³/mol. The quantitative estimate of drug-likeness (QED) is 0.0197. The Morgan fingerprint density at radius 2 is 0.966 bits per heavy atom. The number of nitrogens with zero attached hydrogens (tertiary/aromatic N) is 1. The molecule has 2 atom stereocenters. The number of rotatable bonds is 42. The van der Waals surface area contributed by atoms with Crippen molar-refractivity contribution in [2.75, 3.05) is 47.5 Å². The molecule has 0 saturated carbocycles. The van der Waals surface area contributed by atoms with E-state index >= 15 is 0 Å². The molecule has 0 amide bonds. The van der Waals surface area contributed by atoms with Gasteiger partial charge in [0.1, 0.15) is 13.2 Å². The highest BCUT2D eigenvalue weighted by atomic mass is 16.7. The number of hydrogen-bond acceptors (Lipinski definition) is 8. The van der Waals surface area contributed by atoms with Gasteiger partial charge in [-0.1, -0.05) is 171 Å². The van der Waals surface area contributed by atoms with E-state index in [-0.39, 0.29) is 38.6 Å². The summed E-state index contributed by atoms with van der Waals surface area (Å²) < 4.78 is 22.5. The number of allylic oxidation sites excluding steroid dienone is 10. The monoisotopic (exact) mass is 830 g/mol. The number of unbranched alkanes of at least 4 members (excludes halogenated alkanes) is 17. The summed E-state index contributed by atoms with van der Waals surface area (Å²) in [6.45, 7) is 4.59. The average molecular weight is 830 g/mol. The van der Waals surface area contributed by atoms with Crippen LogP contribution in [-0.4, -0.2) is 82.3 Å². The normalized spacial score (nSPS) is 13.4. The summed E-state index contributed by atoms with van der Waals surface area (Å²) in [5.41, 5.74) is 0. The topological polar surface area (TPSA) is 111 Å². The Morgan fingerprint density at radius 3 is 1.44 bits per heavy atom. The number of esters is 2. The molecule has 0 fully saturated rings. The van der Waals surface area contributed by atoms with Gasteiger partial charge in [0.2, 0.25) is 0 Å². The van der Waals surface area contributed by atoms with E-state index in [9.17, 15) is 19.5 Å². The Hall–Kier alpha value is -3.01. The van der Waals surface area contributed by atoms with Gasteiger partial charge in [-0.05, 0) is 57.8 Å². The summed E-state index contributed by atoms with van der Waals surface area (Å²) in [4.78, 5) is 37.0. The average Bonchev–Trinajstić information content (AvgIpc) is 3.19. The summed E-state index contributed by atoms with van der Waals surface area (Å²) in [5, 5.41) is 11.7. The van der Waals surface area contributed by atoms with Gasteiger partial charge >= 0.3 is 11.9 Å². The van der Waals surface area contributed by atoms with Crippen molar-refractivity contribution in [2.45, 2.75) is 193 Å². The Labute approximate surface area is 361 Å². The number of carbonyl (C=O) groups is 3. The minimum Gasteiger partial charge on any atom is -0.545 e. The van der Waals surface area contributed by atoms with Crippen LogP contribution < -0.4 is 5.11 Å². The molecule has 0 aromatic rings. The Balaban J connectivity index is 4.38. The van der Waals surface area contributed by atoms with Gasteiger partial charge < -0.3 is 33.3 Å². The Bertz CT molecular complexity index is 1150. The van der Waals surface area contributed by atoms with E-state index < -0.39 is 24.3 Å². The standard InChI is InChI=1S/C50H87NO8/c1-6-8-10-12-14-16-18-19-20-21-22-23-24-25-26-27-28-29-31-33-35-37-39-41-48(53)59-46(45-58-50(49(54)55)56-43-42-51(3,4)5)44-57-47(52)40-38-36-34-32-30-17-15-13-11-9-7-2/h8,10,14,16,19-20,22-23,25-26,46,50H,6-7,9,11-13,15,17-18,21,24,27-45H2,1-5H3/b10-8-,16-14-,20-19-,23-22-,26-25-. The first-order valence-electron chi connectivity index (χ1n) is 23.4. The van der Waals surface area contributed by atoms with Gasteiger partial charge in [-0.15, -0.1) is 0 Å². The number of carboxylic acids is 1. The van der Waals surface area contributed by atoms with Crippen molar-refractivity contribution in [2.24, 2.45) is 0 Å². The SMILES string of the molecule is CC/C=C\C/C=C\C/C=C\C/C=C\C/C=C\CCCCCCCCCC(=O)OC(COC(=O)CCCCCCCCCCCCC)COC(OCC[N+](C)(C)C)C(=O)[O-]. The number of quaternary nitrogens is 1. The van der Waals surface area contributed by atoms with Crippen molar-refractivity contribution in [3.05, 3.63) is 60.8 Å². The van der Waals surface area contributed by atoms with E-state index in [1.165, 1.54) is 70.6 Å². The Morgan fingerprint density at radius 1 is 0.525 bits per heavy atom. The maximum Gasteiger partial charge on any atom is 0.306 e. The van der Waals surface area contributed by atoms with Crippen molar-refractivity contribution in [3.63, 3.8) is 0 Å². The lowest BCUT2D eigenvalue weighted by molar-refractivity contribution is -0.870. The molecule has 0 aromatic heterocycles. The summed E-state index contributed by atoms with van der Waals surface area (Å²) in [7, 11) is 5.90. The van der Waals surface area contributed by atoms with Crippen molar-refractivity contribution in [1.82, 2.24) is 0 Å². The molecule has 0 bridgehead atoms. The van der Waals surface area contributed by atoms with Crippen LogP contribution in [-0.2, 0) is 33.3 Å². The molecule has 9 nitrogen and oxygen atoms in total. The van der Waals surface area contributed by atoms with Crippen LogP contribution in [0.5, 0.6) is 0 Å². The number of carbonyl (C=O) groups excluding carboxylic acids is 3. The van der Waals surface area contributed by atoms with Crippen LogP contribution in [0.25, 0.3) is 0 Å². The fourth-order valence-electron chi connectivity index (χ4n) is 6.15. The van der Waals surface area contributed by atoms with Gasteiger partial charge in [0, 0.05) is 12.8 Å². The molecule has 0 rings (SSSR count). The lowest BCUT2D eigenvalue weighted by Crippen LogP contribution is -2.44. The third-order valence-electron chi connectivity index (χ3n) is 9.78. The van der Waals surface area contributed by atoms with Gasteiger partial charge in [-0.25, -0.2) is 0 Å². The van der Waals surface area contributed by atoms with Crippen molar-refractivity contribution < 1.29 is 42.9 Å². The zero-order chi connectivity index (χ0) is 43.5. The maximum absolute atomic E-state index is 12.8. The van der Waals surface area contributed by atoms with Crippen LogP contribution in [0.3, 0.4) is 0 Å². The first kappa shape index (κ1) is 56.0. The van der Waals surface area contributed by atoms with E-state index in [1.54, 1.807) is 0 Å². The molecule has 0 aliphatic carbocycles. The third-order valence-corrected chi connectivity index (χ3v) is 9.78. The molecule has 0 aromatic carbocycles. The molecule has 340 valence electrons. The van der Waals surface area contributed by atoms with Crippen LogP contribution in [0.4, 0.5) is 0 Å². The number of aliphatic carboxylic acids is 1. The van der Waals surface area contributed by atoms with Gasteiger partial charge in [-0.3, -0.25) is 9.59 Å². The van der Waals surface area contributed by atoms with Crippen molar-refractivity contribution in [3.8, 4) is 0 Å². The van der Waals surface area contributed by atoms with E-state index in [2.05, 4.69) is 74.6 Å². The highest BCUT2D eigenvalue weighted by Gasteiger charge is 2.21. The van der Waals surface area contributed by atoms with E-state index in [1.807, 2.05) is 21.1 Å². The third kappa shape index (κ3) is 42.9. The van der Waals surface area contributed by atoms with Crippen LogP contribution in [0.15, 0.2) is 60.8 Å². The van der Waals surface area contributed by atoms with Crippen LogP contribution >= 0.6 is 0 Å². The van der Waals surface area contributed by atoms with Gasteiger partial charge in [0.15, 0.2) is 12.4 Å². The van der Waals surface area contributed by atoms with Crippen molar-refractivity contribution in [1.29, 1.82) is 0 Å². The van der Waals surface area contributed by atoms with Crippen LogP contribution in [0.2, 0.25) is 0 Å². The fourth-order valence-corrected chi connectivity index (χ4v) is 6.15. The number of carboxylic acid groups (broad SMARTS) is 1. The lowest BCUT2D eigenvalue weighted by atomic mass is 10.1. The number of likely N-dealkylation sites (N-methyl/N-ethyl adjacent to an activating group) is 1. The lowest BCUT2D eigenvalue weighted by Gasteiger charge is -2.26. The van der Waals surface area contributed by atoms with Gasteiger partial charge in [0.25, 0.3) is 0 Å². The molecule has 2 unspecified atom stereocenters. The smallest absolute Gasteiger partial charge is 0.306 e.